The molecule has 0 spiro atoms. The van der Waals surface area contributed by atoms with E-state index in [1.165, 1.54) is 0 Å². The van der Waals surface area contributed by atoms with Gasteiger partial charge in [0.15, 0.2) is 10.6 Å². The van der Waals surface area contributed by atoms with Gasteiger partial charge < -0.3 is 0 Å². The molecule has 7 heteroatoms. The van der Waals surface area contributed by atoms with E-state index in [2.05, 4.69) is 20.2 Å². The third-order valence-corrected chi connectivity index (χ3v) is 3.88. The fourth-order valence-corrected chi connectivity index (χ4v) is 2.72. The van der Waals surface area contributed by atoms with Crippen LogP contribution in [0, 0.1) is 11.7 Å². The van der Waals surface area contributed by atoms with Crippen LogP contribution < -0.4 is 0 Å². The molecule has 3 aromatic heterocycles. The second kappa shape index (κ2) is 5.02. The van der Waals surface area contributed by atoms with E-state index < -0.39 is 0 Å². The van der Waals surface area contributed by atoms with Gasteiger partial charge in [-0.25, -0.2) is 4.98 Å². The summed E-state index contributed by atoms with van der Waals surface area (Å²) in [6.07, 6.45) is 1.74. The molecular weight excluding hydrogens is 278 g/mol. The molecule has 19 heavy (non-hydrogen) atoms. The van der Waals surface area contributed by atoms with Crippen molar-refractivity contribution in [2.24, 2.45) is 0 Å². The van der Waals surface area contributed by atoms with Crippen LogP contribution in [-0.4, -0.2) is 24.7 Å². The number of nitrogens with one attached hydrogen (secondary N) is 1. The Labute approximate surface area is 119 Å². The standard InChI is InChI=1S/C12H11N5S2/c1-8-7-19-10(14-8)6-17-11(15-16-12(17)18)9-4-2-3-5-13-9/h2-5,7H,6H2,1H3,(H,16,18). The first-order valence-corrected chi connectivity index (χ1v) is 7.00. The Bertz CT molecular complexity index is 741. The highest BCUT2D eigenvalue weighted by Gasteiger charge is 2.11. The van der Waals surface area contributed by atoms with Crippen LogP contribution in [0.5, 0.6) is 0 Å². The summed E-state index contributed by atoms with van der Waals surface area (Å²) in [7, 11) is 0. The second-order valence-corrected chi connectivity index (χ2v) is 5.37. The van der Waals surface area contributed by atoms with Gasteiger partial charge in [-0.3, -0.25) is 14.6 Å². The first-order valence-electron chi connectivity index (χ1n) is 5.71. The smallest absolute Gasteiger partial charge is 0.195 e. The highest BCUT2D eigenvalue weighted by atomic mass is 32.1. The zero-order chi connectivity index (χ0) is 13.2. The lowest BCUT2D eigenvalue weighted by molar-refractivity contribution is 0.779. The molecule has 0 aromatic carbocycles. The van der Waals surface area contributed by atoms with Gasteiger partial charge in [-0.15, -0.1) is 11.3 Å². The van der Waals surface area contributed by atoms with Crippen LogP contribution in [0.2, 0.25) is 0 Å². The zero-order valence-electron chi connectivity index (χ0n) is 10.2. The lowest BCUT2D eigenvalue weighted by Gasteiger charge is -2.03. The summed E-state index contributed by atoms with van der Waals surface area (Å²) in [5, 5.41) is 10.1. The zero-order valence-corrected chi connectivity index (χ0v) is 11.8. The van der Waals surface area contributed by atoms with E-state index in [4.69, 9.17) is 12.2 Å². The number of aromatic nitrogens is 5. The van der Waals surface area contributed by atoms with Crippen LogP contribution in [0.1, 0.15) is 10.7 Å². The van der Waals surface area contributed by atoms with Crippen molar-refractivity contribution in [2.75, 3.05) is 0 Å². The molecule has 3 heterocycles. The molecule has 5 nitrogen and oxygen atoms in total. The van der Waals surface area contributed by atoms with Crippen molar-refractivity contribution in [1.29, 1.82) is 0 Å². The molecule has 1 N–H and O–H groups in total. The lowest BCUT2D eigenvalue weighted by Crippen LogP contribution is -2.03. The number of aryl methyl sites for hydroxylation is 1. The summed E-state index contributed by atoms with van der Waals surface area (Å²) in [4.78, 5) is 8.75. The molecule has 0 atom stereocenters. The fourth-order valence-electron chi connectivity index (χ4n) is 1.77. The van der Waals surface area contributed by atoms with Gasteiger partial charge >= 0.3 is 0 Å². The summed E-state index contributed by atoms with van der Waals surface area (Å²) in [6.45, 7) is 2.59. The van der Waals surface area contributed by atoms with E-state index in [-0.39, 0.29) is 0 Å². The van der Waals surface area contributed by atoms with Crippen molar-refractivity contribution in [2.45, 2.75) is 13.5 Å². The number of H-pyrrole nitrogens is 1. The third-order valence-electron chi connectivity index (χ3n) is 2.61. The molecular formula is C12H11N5S2. The average Bonchev–Trinajstić information content (AvgIpc) is 2.99. The maximum absolute atomic E-state index is 5.27. The molecule has 0 aliphatic rings. The van der Waals surface area contributed by atoms with Crippen molar-refractivity contribution < 1.29 is 0 Å². The lowest BCUT2D eigenvalue weighted by atomic mass is 10.3. The minimum Gasteiger partial charge on any atom is -0.292 e. The SMILES string of the molecule is Cc1csc(Cn2c(-c3ccccn3)n[nH]c2=S)n1. The molecule has 0 bridgehead atoms. The molecule has 0 saturated heterocycles. The van der Waals surface area contributed by atoms with Crippen molar-refractivity contribution >= 4 is 23.6 Å². The predicted molar refractivity (Wildman–Crippen MR) is 76.6 cm³/mol. The Morgan fingerprint density at radius 1 is 1.42 bits per heavy atom. The van der Waals surface area contributed by atoms with Crippen LogP contribution in [0.25, 0.3) is 11.5 Å². The number of rotatable bonds is 3. The minimum atomic E-state index is 0.577. The second-order valence-electron chi connectivity index (χ2n) is 4.04. The van der Waals surface area contributed by atoms with E-state index in [0.717, 1.165) is 22.2 Å². The Morgan fingerprint density at radius 2 is 2.32 bits per heavy atom. The Balaban J connectivity index is 2.02. The highest BCUT2D eigenvalue weighted by molar-refractivity contribution is 7.71. The maximum Gasteiger partial charge on any atom is 0.195 e. The predicted octanol–water partition coefficient (Wildman–Crippen LogP) is 2.82. The number of hydrogen-bond acceptors (Lipinski definition) is 5. The van der Waals surface area contributed by atoms with E-state index in [1.807, 2.05) is 35.1 Å². The highest BCUT2D eigenvalue weighted by Crippen LogP contribution is 2.17. The average molecular weight is 289 g/mol. The molecule has 96 valence electrons. The topological polar surface area (TPSA) is 59.4 Å². The molecule has 0 saturated carbocycles. The van der Waals surface area contributed by atoms with Crippen molar-refractivity contribution in [3.05, 3.63) is 45.2 Å². The van der Waals surface area contributed by atoms with Crippen LogP contribution in [0.15, 0.2) is 29.8 Å². The largest absolute Gasteiger partial charge is 0.292 e. The summed E-state index contributed by atoms with van der Waals surface area (Å²) in [6, 6.07) is 5.71. The summed E-state index contributed by atoms with van der Waals surface area (Å²) >= 11 is 6.89. The molecule has 3 aromatic rings. The summed E-state index contributed by atoms with van der Waals surface area (Å²) < 4.78 is 2.49. The van der Waals surface area contributed by atoms with Gasteiger partial charge in [0, 0.05) is 17.3 Å². The Morgan fingerprint density at radius 3 is 3.00 bits per heavy atom. The Hall–Kier alpha value is -1.86. The molecule has 3 rings (SSSR count). The molecule has 0 amide bonds. The van der Waals surface area contributed by atoms with E-state index >= 15 is 0 Å². The number of pyridine rings is 1. The maximum atomic E-state index is 5.27. The van der Waals surface area contributed by atoms with Gasteiger partial charge in [0.25, 0.3) is 0 Å². The van der Waals surface area contributed by atoms with Gasteiger partial charge in [0.2, 0.25) is 0 Å². The first-order chi connectivity index (χ1) is 9.24. The van der Waals surface area contributed by atoms with Crippen LogP contribution in [0.4, 0.5) is 0 Å². The Kier molecular flexibility index (Phi) is 3.22. The molecule has 0 aliphatic heterocycles. The molecule has 0 aliphatic carbocycles. The van der Waals surface area contributed by atoms with E-state index in [1.54, 1.807) is 17.5 Å². The van der Waals surface area contributed by atoms with Crippen LogP contribution in [0.3, 0.4) is 0 Å². The molecule has 0 radical (unpaired) electrons. The normalized spacial score (nSPS) is 10.8. The van der Waals surface area contributed by atoms with Crippen molar-refractivity contribution in [1.82, 2.24) is 24.7 Å². The number of hydrogen-bond donors (Lipinski definition) is 1. The monoisotopic (exact) mass is 289 g/mol. The van der Waals surface area contributed by atoms with Crippen molar-refractivity contribution in [3.8, 4) is 11.5 Å². The number of nitrogens with zero attached hydrogens (tertiary/aromatic N) is 4. The van der Waals surface area contributed by atoms with Gasteiger partial charge in [-0.1, -0.05) is 6.07 Å². The molecule has 0 unspecified atom stereocenters. The first kappa shape index (κ1) is 12.2. The van der Waals surface area contributed by atoms with Gasteiger partial charge in [0.05, 0.1) is 6.54 Å². The van der Waals surface area contributed by atoms with E-state index in [0.29, 0.717) is 11.3 Å². The van der Waals surface area contributed by atoms with Crippen LogP contribution >= 0.6 is 23.6 Å². The molecule has 0 fully saturated rings. The summed E-state index contributed by atoms with van der Waals surface area (Å²) in [5.74, 6) is 0.735. The van der Waals surface area contributed by atoms with Crippen LogP contribution in [-0.2, 0) is 6.54 Å². The van der Waals surface area contributed by atoms with Gasteiger partial charge in [-0.05, 0) is 31.3 Å². The minimum absolute atomic E-state index is 0.577. The van der Waals surface area contributed by atoms with Crippen molar-refractivity contribution in [3.63, 3.8) is 0 Å². The third kappa shape index (κ3) is 2.47. The number of aromatic amines is 1. The fraction of sp³-hybridized carbons (Fsp3) is 0.167. The van der Waals surface area contributed by atoms with Gasteiger partial charge in [0.1, 0.15) is 10.7 Å². The number of thiazole rings is 1. The van der Waals surface area contributed by atoms with Gasteiger partial charge in [-0.2, -0.15) is 5.10 Å². The summed E-state index contributed by atoms with van der Waals surface area (Å²) in [5.41, 5.74) is 1.82. The quantitative estimate of drug-likeness (QED) is 0.753. The van der Waals surface area contributed by atoms with E-state index in [9.17, 15) is 0 Å².